The second kappa shape index (κ2) is 10.0. The molecule has 0 bridgehead atoms. The molecule has 0 aliphatic heterocycles. The number of hydrogen-bond donors (Lipinski definition) is 3. The van der Waals surface area contributed by atoms with Gasteiger partial charge in [0.05, 0.1) is 0 Å². The Balaban J connectivity index is 1.67. The number of amides is 1. The lowest BCUT2D eigenvalue weighted by molar-refractivity contribution is 0.0953. The molecule has 3 N–H and O–H groups in total. The van der Waals surface area contributed by atoms with Crippen molar-refractivity contribution in [3.63, 3.8) is 0 Å². The summed E-state index contributed by atoms with van der Waals surface area (Å²) < 4.78 is 5.50. The number of nitrogens with one attached hydrogen (secondary N) is 2. The number of aromatic hydroxyl groups is 1. The third kappa shape index (κ3) is 6.21. The van der Waals surface area contributed by atoms with Gasteiger partial charge in [0.1, 0.15) is 18.1 Å². The van der Waals surface area contributed by atoms with E-state index in [0.717, 1.165) is 24.3 Å². The van der Waals surface area contributed by atoms with Gasteiger partial charge in [0.25, 0.3) is 5.91 Å². The van der Waals surface area contributed by atoms with E-state index in [4.69, 9.17) is 11.2 Å². The Hall–Kier alpha value is -2.97. The zero-order valence-electron chi connectivity index (χ0n) is 14.0. The molecule has 0 fully saturated rings. The molecule has 130 valence electrons. The molecule has 0 atom stereocenters. The number of hydrogen-bond acceptors (Lipinski definition) is 4. The molecule has 0 radical (unpaired) electrons. The van der Waals surface area contributed by atoms with E-state index in [1.807, 2.05) is 24.3 Å². The largest absolute Gasteiger partial charge is 0.508 e. The summed E-state index contributed by atoms with van der Waals surface area (Å²) in [5, 5.41) is 15.5. The molecule has 0 saturated carbocycles. The van der Waals surface area contributed by atoms with Gasteiger partial charge >= 0.3 is 0 Å². The molecule has 2 aromatic carbocycles. The number of carbonyl (C=O) groups is 1. The fourth-order valence-corrected chi connectivity index (χ4v) is 2.30. The second-order valence-corrected chi connectivity index (χ2v) is 5.44. The molecule has 1 amide bonds. The van der Waals surface area contributed by atoms with Crippen LogP contribution in [0.2, 0.25) is 0 Å². The van der Waals surface area contributed by atoms with Crippen LogP contribution >= 0.6 is 0 Å². The van der Waals surface area contributed by atoms with Crippen molar-refractivity contribution in [1.82, 2.24) is 10.6 Å². The van der Waals surface area contributed by atoms with E-state index in [1.54, 1.807) is 12.1 Å². The van der Waals surface area contributed by atoms with Crippen LogP contribution in [0.4, 0.5) is 0 Å². The molecule has 0 aliphatic rings. The summed E-state index contributed by atoms with van der Waals surface area (Å²) in [6, 6.07) is 14.0. The topological polar surface area (TPSA) is 70.6 Å². The van der Waals surface area contributed by atoms with E-state index >= 15 is 0 Å². The first-order valence-corrected chi connectivity index (χ1v) is 8.13. The summed E-state index contributed by atoms with van der Waals surface area (Å²) in [5.41, 5.74) is 1.49. The molecule has 0 unspecified atom stereocenters. The number of carbonyl (C=O) groups excluding carboxylic acids is 1. The molecule has 5 heteroatoms. The number of terminal acetylenes is 1. The molecule has 2 rings (SSSR count). The minimum absolute atomic E-state index is 0.0834. The summed E-state index contributed by atoms with van der Waals surface area (Å²) in [4.78, 5) is 11.9. The zero-order valence-corrected chi connectivity index (χ0v) is 14.0. The molecule has 5 nitrogen and oxygen atoms in total. The van der Waals surface area contributed by atoms with E-state index in [0.29, 0.717) is 18.7 Å². The number of benzene rings is 2. The lowest BCUT2D eigenvalue weighted by Gasteiger charge is -2.11. The highest BCUT2D eigenvalue weighted by Gasteiger charge is 2.05. The Morgan fingerprint density at radius 1 is 1.16 bits per heavy atom. The highest BCUT2D eigenvalue weighted by Crippen LogP contribution is 2.17. The van der Waals surface area contributed by atoms with Crippen LogP contribution in [0.15, 0.2) is 48.5 Å². The van der Waals surface area contributed by atoms with Crippen molar-refractivity contribution < 1.29 is 14.6 Å². The first kappa shape index (κ1) is 18.4. The van der Waals surface area contributed by atoms with E-state index in [1.165, 1.54) is 12.1 Å². The molecular formula is C20H22N2O3. The highest BCUT2D eigenvalue weighted by atomic mass is 16.5. The first-order valence-electron chi connectivity index (χ1n) is 8.13. The standard InChI is InChI=1S/C20H22N2O3/c1-2-13-25-19-10-4-3-7-17(19)15-21-11-6-12-22-20(24)16-8-5-9-18(23)14-16/h1,3-5,7-10,14,21,23H,6,11-13,15H2,(H,22,24). The van der Waals surface area contributed by atoms with Gasteiger partial charge in [-0.1, -0.05) is 30.2 Å². The fourth-order valence-electron chi connectivity index (χ4n) is 2.30. The zero-order chi connectivity index (χ0) is 17.9. The maximum absolute atomic E-state index is 11.9. The number of para-hydroxylation sites is 1. The van der Waals surface area contributed by atoms with Gasteiger partial charge in [0.2, 0.25) is 0 Å². The van der Waals surface area contributed by atoms with Gasteiger partial charge in [0, 0.05) is 24.2 Å². The Morgan fingerprint density at radius 2 is 2.00 bits per heavy atom. The molecular weight excluding hydrogens is 316 g/mol. The maximum Gasteiger partial charge on any atom is 0.251 e. The van der Waals surface area contributed by atoms with E-state index in [-0.39, 0.29) is 18.3 Å². The summed E-state index contributed by atoms with van der Waals surface area (Å²) >= 11 is 0. The molecule has 0 saturated heterocycles. The van der Waals surface area contributed by atoms with Gasteiger partial charge in [-0.05, 0) is 37.2 Å². The van der Waals surface area contributed by atoms with Crippen LogP contribution in [-0.2, 0) is 6.54 Å². The molecule has 2 aromatic rings. The minimum Gasteiger partial charge on any atom is -0.508 e. The quantitative estimate of drug-likeness (QED) is 0.485. The van der Waals surface area contributed by atoms with Crippen molar-refractivity contribution in [2.75, 3.05) is 19.7 Å². The monoisotopic (exact) mass is 338 g/mol. The number of phenols is 1. The summed E-state index contributed by atoms with van der Waals surface area (Å²) in [6.07, 6.45) is 6.01. The van der Waals surface area contributed by atoms with Crippen LogP contribution in [0.5, 0.6) is 11.5 Å². The molecule has 0 heterocycles. The van der Waals surface area contributed by atoms with Gasteiger partial charge in [-0.3, -0.25) is 4.79 Å². The first-order chi connectivity index (χ1) is 12.2. The average Bonchev–Trinajstić information content (AvgIpc) is 2.63. The van der Waals surface area contributed by atoms with Crippen molar-refractivity contribution in [3.05, 3.63) is 59.7 Å². The van der Waals surface area contributed by atoms with Crippen LogP contribution in [0.1, 0.15) is 22.3 Å². The predicted octanol–water partition coefficient (Wildman–Crippen LogP) is 2.31. The lowest BCUT2D eigenvalue weighted by atomic mass is 10.2. The summed E-state index contributed by atoms with van der Waals surface area (Å²) in [7, 11) is 0. The Labute approximate surface area is 148 Å². The molecule has 0 aliphatic carbocycles. The smallest absolute Gasteiger partial charge is 0.251 e. The number of rotatable bonds is 9. The van der Waals surface area contributed by atoms with Crippen molar-refractivity contribution >= 4 is 5.91 Å². The van der Waals surface area contributed by atoms with Gasteiger partial charge in [0.15, 0.2) is 0 Å². The van der Waals surface area contributed by atoms with Gasteiger partial charge in [-0.2, -0.15) is 0 Å². The third-order valence-corrected chi connectivity index (χ3v) is 3.52. The Morgan fingerprint density at radius 3 is 2.80 bits per heavy atom. The summed E-state index contributed by atoms with van der Waals surface area (Å²) in [5.74, 6) is 3.13. The van der Waals surface area contributed by atoms with Crippen molar-refractivity contribution in [2.24, 2.45) is 0 Å². The van der Waals surface area contributed by atoms with Gasteiger partial charge < -0.3 is 20.5 Å². The van der Waals surface area contributed by atoms with Crippen LogP contribution in [-0.4, -0.2) is 30.7 Å². The number of ether oxygens (including phenoxy) is 1. The van der Waals surface area contributed by atoms with E-state index in [2.05, 4.69) is 16.6 Å². The SMILES string of the molecule is C#CCOc1ccccc1CNCCCNC(=O)c1cccc(O)c1. The van der Waals surface area contributed by atoms with Crippen molar-refractivity contribution in [1.29, 1.82) is 0 Å². The predicted molar refractivity (Wildman–Crippen MR) is 97.5 cm³/mol. The number of phenolic OH excluding ortho intramolecular Hbond substituents is 1. The molecule has 0 spiro atoms. The highest BCUT2D eigenvalue weighted by molar-refractivity contribution is 5.94. The fraction of sp³-hybridized carbons (Fsp3) is 0.250. The van der Waals surface area contributed by atoms with E-state index < -0.39 is 0 Å². The second-order valence-electron chi connectivity index (χ2n) is 5.44. The minimum atomic E-state index is -0.191. The lowest BCUT2D eigenvalue weighted by Crippen LogP contribution is -2.27. The summed E-state index contributed by atoms with van der Waals surface area (Å²) in [6.45, 7) is 2.22. The molecule has 25 heavy (non-hydrogen) atoms. The Bertz CT molecular complexity index is 738. The van der Waals surface area contributed by atoms with E-state index in [9.17, 15) is 9.90 Å². The maximum atomic E-state index is 11.9. The van der Waals surface area contributed by atoms with Crippen LogP contribution in [0.25, 0.3) is 0 Å². The van der Waals surface area contributed by atoms with Crippen LogP contribution in [0.3, 0.4) is 0 Å². The molecule has 0 aromatic heterocycles. The van der Waals surface area contributed by atoms with Crippen molar-refractivity contribution in [2.45, 2.75) is 13.0 Å². The van der Waals surface area contributed by atoms with Crippen molar-refractivity contribution in [3.8, 4) is 23.8 Å². The van der Waals surface area contributed by atoms with Crippen LogP contribution < -0.4 is 15.4 Å². The van der Waals surface area contributed by atoms with Gasteiger partial charge in [-0.25, -0.2) is 0 Å². The normalized spacial score (nSPS) is 10.0. The Kier molecular flexibility index (Phi) is 7.36. The van der Waals surface area contributed by atoms with Gasteiger partial charge in [-0.15, -0.1) is 6.42 Å². The third-order valence-electron chi connectivity index (χ3n) is 3.52. The average molecular weight is 338 g/mol. The van der Waals surface area contributed by atoms with Crippen LogP contribution in [0, 0.1) is 12.3 Å².